The molecule has 2 aromatic carbocycles. The first-order valence-electron chi connectivity index (χ1n) is 8.77. The summed E-state index contributed by atoms with van der Waals surface area (Å²) in [6.07, 6.45) is 4.02. The Hall–Kier alpha value is -1.92. The second-order valence-electron chi connectivity index (χ2n) is 6.95. The fourth-order valence-electron chi connectivity index (χ4n) is 3.79. The van der Waals surface area contributed by atoms with Crippen molar-refractivity contribution in [2.24, 2.45) is 0 Å². The van der Waals surface area contributed by atoms with E-state index < -0.39 is 15.8 Å². The number of ether oxygens (including phenoxy) is 1. The van der Waals surface area contributed by atoms with Gasteiger partial charge in [0.2, 0.25) is 10.0 Å². The number of aryl methyl sites for hydroxylation is 1. The standard InChI is InChI=1S/C20H24FNO3S/c1-15-13-17(21)7-10-19(15)26(23,24)22-14-20(11-3-4-12-20)16-5-8-18(25-2)9-6-16/h5-10,13,22H,3-4,11-12,14H2,1-2H3. The zero-order valence-corrected chi connectivity index (χ0v) is 15.9. The van der Waals surface area contributed by atoms with Crippen LogP contribution in [0.15, 0.2) is 47.4 Å². The normalized spacial score (nSPS) is 16.6. The van der Waals surface area contributed by atoms with Crippen LogP contribution in [0, 0.1) is 12.7 Å². The molecule has 0 unspecified atom stereocenters. The first-order valence-corrected chi connectivity index (χ1v) is 10.2. The average Bonchev–Trinajstić information content (AvgIpc) is 3.10. The number of hydrogen-bond donors (Lipinski definition) is 1. The van der Waals surface area contributed by atoms with Gasteiger partial charge in [-0.15, -0.1) is 0 Å². The molecule has 0 aliphatic heterocycles. The van der Waals surface area contributed by atoms with Crippen molar-refractivity contribution in [3.8, 4) is 5.75 Å². The van der Waals surface area contributed by atoms with E-state index in [-0.39, 0.29) is 10.3 Å². The summed E-state index contributed by atoms with van der Waals surface area (Å²) in [6.45, 7) is 1.94. The molecular formula is C20H24FNO3S. The van der Waals surface area contributed by atoms with Gasteiger partial charge in [-0.1, -0.05) is 25.0 Å². The van der Waals surface area contributed by atoms with Gasteiger partial charge in [-0.3, -0.25) is 0 Å². The fraction of sp³-hybridized carbons (Fsp3) is 0.400. The Labute approximate surface area is 154 Å². The lowest BCUT2D eigenvalue weighted by Crippen LogP contribution is -2.39. The molecule has 4 nitrogen and oxygen atoms in total. The lowest BCUT2D eigenvalue weighted by Gasteiger charge is -2.30. The molecule has 3 rings (SSSR count). The van der Waals surface area contributed by atoms with E-state index in [1.54, 1.807) is 14.0 Å². The van der Waals surface area contributed by atoms with Crippen molar-refractivity contribution >= 4 is 10.0 Å². The Balaban J connectivity index is 1.84. The van der Waals surface area contributed by atoms with E-state index in [4.69, 9.17) is 4.74 Å². The summed E-state index contributed by atoms with van der Waals surface area (Å²) >= 11 is 0. The number of sulfonamides is 1. The van der Waals surface area contributed by atoms with Gasteiger partial charge in [-0.25, -0.2) is 17.5 Å². The third-order valence-corrected chi connectivity index (χ3v) is 6.85. The Morgan fingerprint density at radius 2 is 1.77 bits per heavy atom. The van der Waals surface area contributed by atoms with Gasteiger partial charge in [-0.05, 0) is 61.2 Å². The van der Waals surface area contributed by atoms with Crippen LogP contribution in [0.3, 0.4) is 0 Å². The van der Waals surface area contributed by atoms with Crippen LogP contribution in [0.5, 0.6) is 5.75 Å². The molecule has 0 bridgehead atoms. The van der Waals surface area contributed by atoms with Gasteiger partial charge in [0.05, 0.1) is 12.0 Å². The average molecular weight is 377 g/mol. The summed E-state index contributed by atoms with van der Waals surface area (Å²) in [7, 11) is -2.07. The van der Waals surface area contributed by atoms with Crippen molar-refractivity contribution < 1.29 is 17.5 Å². The molecule has 1 fully saturated rings. The molecule has 0 amide bonds. The molecule has 0 spiro atoms. The van der Waals surface area contributed by atoms with E-state index in [1.165, 1.54) is 18.2 Å². The van der Waals surface area contributed by atoms with Gasteiger partial charge in [-0.2, -0.15) is 0 Å². The van der Waals surface area contributed by atoms with Crippen LogP contribution in [0.4, 0.5) is 4.39 Å². The highest BCUT2D eigenvalue weighted by Crippen LogP contribution is 2.41. The minimum Gasteiger partial charge on any atom is -0.497 e. The van der Waals surface area contributed by atoms with Crippen molar-refractivity contribution in [1.29, 1.82) is 0 Å². The van der Waals surface area contributed by atoms with Gasteiger partial charge < -0.3 is 4.74 Å². The van der Waals surface area contributed by atoms with E-state index in [1.807, 2.05) is 24.3 Å². The summed E-state index contributed by atoms with van der Waals surface area (Å²) < 4.78 is 46.8. The first kappa shape index (κ1) is 18.9. The molecular weight excluding hydrogens is 353 g/mol. The Morgan fingerprint density at radius 3 is 2.35 bits per heavy atom. The molecule has 0 heterocycles. The molecule has 0 radical (unpaired) electrons. The fourth-order valence-corrected chi connectivity index (χ4v) is 5.14. The van der Waals surface area contributed by atoms with Crippen LogP contribution in [0.2, 0.25) is 0 Å². The highest BCUT2D eigenvalue weighted by molar-refractivity contribution is 7.89. The van der Waals surface area contributed by atoms with Crippen molar-refractivity contribution in [2.75, 3.05) is 13.7 Å². The molecule has 140 valence electrons. The lowest BCUT2D eigenvalue weighted by atomic mass is 9.79. The highest BCUT2D eigenvalue weighted by atomic mass is 32.2. The molecule has 0 saturated heterocycles. The number of nitrogens with one attached hydrogen (secondary N) is 1. The van der Waals surface area contributed by atoms with Gasteiger partial charge in [0.15, 0.2) is 0 Å². The number of methoxy groups -OCH3 is 1. The summed E-state index contributed by atoms with van der Waals surface area (Å²) in [6, 6.07) is 11.6. The highest BCUT2D eigenvalue weighted by Gasteiger charge is 2.37. The quantitative estimate of drug-likeness (QED) is 0.830. The maximum atomic E-state index is 13.3. The summed E-state index contributed by atoms with van der Waals surface area (Å²) in [5.74, 6) is 0.344. The number of hydrogen-bond acceptors (Lipinski definition) is 3. The van der Waals surface area contributed by atoms with Gasteiger partial charge in [0, 0.05) is 12.0 Å². The van der Waals surface area contributed by atoms with Crippen LogP contribution in [0.1, 0.15) is 36.8 Å². The van der Waals surface area contributed by atoms with Gasteiger partial charge >= 0.3 is 0 Å². The third-order valence-electron chi connectivity index (χ3n) is 5.29. The Kier molecular flexibility index (Phi) is 5.34. The molecule has 1 aliphatic rings. The number of rotatable bonds is 6. The largest absolute Gasteiger partial charge is 0.497 e. The molecule has 1 saturated carbocycles. The molecule has 0 atom stereocenters. The summed E-state index contributed by atoms with van der Waals surface area (Å²) in [5, 5.41) is 0. The van der Waals surface area contributed by atoms with Crippen LogP contribution in [0.25, 0.3) is 0 Å². The van der Waals surface area contributed by atoms with Crippen molar-refractivity contribution in [3.05, 3.63) is 59.4 Å². The molecule has 6 heteroatoms. The molecule has 1 aliphatic carbocycles. The van der Waals surface area contributed by atoms with Crippen LogP contribution < -0.4 is 9.46 Å². The third kappa shape index (κ3) is 3.76. The predicted octanol–water partition coefficient (Wildman–Crippen LogP) is 3.93. The van der Waals surface area contributed by atoms with Crippen molar-refractivity contribution in [1.82, 2.24) is 4.72 Å². The lowest BCUT2D eigenvalue weighted by molar-refractivity contribution is 0.410. The van der Waals surface area contributed by atoms with E-state index in [9.17, 15) is 12.8 Å². The maximum Gasteiger partial charge on any atom is 0.240 e. The zero-order valence-electron chi connectivity index (χ0n) is 15.1. The van der Waals surface area contributed by atoms with E-state index >= 15 is 0 Å². The second-order valence-corrected chi connectivity index (χ2v) is 8.69. The molecule has 1 N–H and O–H groups in total. The second kappa shape index (κ2) is 7.37. The number of halogens is 1. The maximum absolute atomic E-state index is 13.3. The van der Waals surface area contributed by atoms with Crippen LogP contribution >= 0.6 is 0 Å². The molecule has 2 aromatic rings. The Bertz CT molecular complexity index is 872. The SMILES string of the molecule is COc1ccc(C2(CNS(=O)(=O)c3ccc(F)cc3C)CCCC2)cc1. The van der Waals surface area contributed by atoms with Crippen molar-refractivity contribution in [3.63, 3.8) is 0 Å². The molecule has 0 aromatic heterocycles. The predicted molar refractivity (Wildman–Crippen MR) is 99.5 cm³/mol. The van der Waals surface area contributed by atoms with Crippen LogP contribution in [-0.4, -0.2) is 22.1 Å². The minimum atomic E-state index is -3.70. The first-order chi connectivity index (χ1) is 12.4. The Morgan fingerprint density at radius 1 is 1.12 bits per heavy atom. The van der Waals surface area contributed by atoms with Crippen LogP contribution in [-0.2, 0) is 15.4 Å². The summed E-state index contributed by atoms with van der Waals surface area (Å²) in [4.78, 5) is 0.127. The number of benzene rings is 2. The van der Waals surface area contributed by atoms with Crippen molar-refractivity contribution in [2.45, 2.75) is 42.9 Å². The van der Waals surface area contributed by atoms with E-state index in [0.717, 1.165) is 37.0 Å². The van der Waals surface area contributed by atoms with E-state index in [0.29, 0.717) is 12.1 Å². The van der Waals surface area contributed by atoms with E-state index in [2.05, 4.69) is 4.72 Å². The zero-order chi connectivity index (χ0) is 18.8. The topological polar surface area (TPSA) is 55.4 Å². The van der Waals surface area contributed by atoms with Gasteiger partial charge in [0.1, 0.15) is 11.6 Å². The van der Waals surface area contributed by atoms with Gasteiger partial charge in [0.25, 0.3) is 0 Å². The summed E-state index contributed by atoms with van der Waals surface area (Å²) in [5.41, 5.74) is 1.31. The minimum absolute atomic E-state index is 0.127. The smallest absolute Gasteiger partial charge is 0.240 e. The molecule has 26 heavy (non-hydrogen) atoms. The monoisotopic (exact) mass is 377 g/mol.